The standard InChI is InChI=1S/C22H31N3O3S/c1-18-9-7-12-21(15-18)28-19(2)16-25-22(23-3)24-13-8-14-29(26,27)17-20-10-5-4-6-11-20/h4-7,9-12,15,19H,8,13-14,16-17H2,1-3H3,(H2,23,24,25). The van der Waals surface area contributed by atoms with Crippen molar-refractivity contribution in [2.24, 2.45) is 4.99 Å². The second-order valence-corrected chi connectivity index (χ2v) is 9.24. The average Bonchev–Trinajstić information content (AvgIpc) is 2.68. The number of benzene rings is 2. The van der Waals surface area contributed by atoms with Crippen molar-refractivity contribution in [3.8, 4) is 5.75 Å². The molecule has 1 atom stereocenters. The molecule has 0 aliphatic carbocycles. The highest BCUT2D eigenvalue weighted by atomic mass is 32.2. The first kappa shape index (κ1) is 22.7. The van der Waals surface area contributed by atoms with Crippen molar-refractivity contribution >= 4 is 15.8 Å². The Labute approximate surface area is 174 Å². The number of nitrogens with one attached hydrogen (secondary N) is 2. The van der Waals surface area contributed by atoms with E-state index in [9.17, 15) is 8.42 Å². The molecule has 0 aliphatic heterocycles. The summed E-state index contributed by atoms with van der Waals surface area (Å²) in [7, 11) is -1.44. The fourth-order valence-corrected chi connectivity index (χ4v) is 4.25. The molecule has 2 aromatic carbocycles. The van der Waals surface area contributed by atoms with Crippen molar-refractivity contribution in [1.82, 2.24) is 10.6 Å². The minimum atomic E-state index is -3.12. The van der Waals surface area contributed by atoms with E-state index in [0.717, 1.165) is 16.9 Å². The van der Waals surface area contributed by atoms with Gasteiger partial charge in [-0.3, -0.25) is 4.99 Å². The third-order valence-corrected chi connectivity index (χ3v) is 5.95. The minimum Gasteiger partial charge on any atom is -0.489 e. The average molecular weight is 418 g/mol. The quantitative estimate of drug-likeness (QED) is 0.353. The fraction of sp³-hybridized carbons (Fsp3) is 0.409. The molecule has 0 aromatic heterocycles. The molecule has 0 spiro atoms. The number of rotatable bonds is 10. The topological polar surface area (TPSA) is 79.8 Å². The lowest BCUT2D eigenvalue weighted by Crippen LogP contribution is -2.42. The molecule has 0 heterocycles. The van der Waals surface area contributed by atoms with Gasteiger partial charge in [0.05, 0.1) is 18.1 Å². The van der Waals surface area contributed by atoms with Crippen LogP contribution in [0.2, 0.25) is 0 Å². The van der Waals surface area contributed by atoms with Crippen molar-refractivity contribution in [3.05, 3.63) is 65.7 Å². The molecule has 0 bridgehead atoms. The molecule has 0 saturated heterocycles. The summed E-state index contributed by atoms with van der Waals surface area (Å²) in [4.78, 5) is 4.17. The van der Waals surface area contributed by atoms with Gasteiger partial charge in [-0.05, 0) is 43.5 Å². The van der Waals surface area contributed by atoms with Gasteiger partial charge >= 0.3 is 0 Å². The predicted octanol–water partition coefficient (Wildman–Crippen LogP) is 2.93. The summed E-state index contributed by atoms with van der Waals surface area (Å²) in [6.07, 6.45) is 0.479. The van der Waals surface area contributed by atoms with Crippen LogP contribution in [-0.4, -0.2) is 46.4 Å². The van der Waals surface area contributed by atoms with Gasteiger partial charge in [0.1, 0.15) is 11.9 Å². The molecule has 0 radical (unpaired) electrons. The summed E-state index contributed by atoms with van der Waals surface area (Å²) >= 11 is 0. The molecular formula is C22H31N3O3S. The predicted molar refractivity (Wildman–Crippen MR) is 119 cm³/mol. The number of hydrogen-bond donors (Lipinski definition) is 2. The zero-order valence-electron chi connectivity index (χ0n) is 17.4. The Bertz CT molecular complexity index is 883. The van der Waals surface area contributed by atoms with Crippen LogP contribution < -0.4 is 15.4 Å². The molecule has 0 aliphatic rings. The second-order valence-electron chi connectivity index (χ2n) is 7.06. The number of guanidine groups is 1. The Balaban J connectivity index is 1.68. The van der Waals surface area contributed by atoms with Crippen molar-refractivity contribution < 1.29 is 13.2 Å². The van der Waals surface area contributed by atoms with Crippen LogP contribution in [-0.2, 0) is 15.6 Å². The van der Waals surface area contributed by atoms with Gasteiger partial charge in [-0.25, -0.2) is 8.42 Å². The van der Waals surface area contributed by atoms with Gasteiger partial charge in [-0.1, -0.05) is 42.5 Å². The van der Waals surface area contributed by atoms with E-state index in [1.54, 1.807) is 7.05 Å². The SMILES string of the molecule is CN=C(NCCCS(=O)(=O)Cc1ccccc1)NCC(C)Oc1cccc(C)c1. The Morgan fingerprint density at radius 1 is 1.10 bits per heavy atom. The molecule has 0 fully saturated rings. The molecule has 6 nitrogen and oxygen atoms in total. The first-order chi connectivity index (χ1) is 13.9. The number of sulfone groups is 1. The van der Waals surface area contributed by atoms with Crippen LogP contribution >= 0.6 is 0 Å². The first-order valence-corrected chi connectivity index (χ1v) is 11.6. The molecule has 29 heavy (non-hydrogen) atoms. The monoisotopic (exact) mass is 417 g/mol. The minimum absolute atomic E-state index is 0.0402. The van der Waals surface area contributed by atoms with Gasteiger partial charge in [0, 0.05) is 13.6 Å². The van der Waals surface area contributed by atoms with Gasteiger partial charge in [0.25, 0.3) is 0 Å². The van der Waals surface area contributed by atoms with E-state index in [-0.39, 0.29) is 17.6 Å². The van der Waals surface area contributed by atoms with Crippen LogP contribution in [0.15, 0.2) is 59.6 Å². The molecule has 158 valence electrons. The Morgan fingerprint density at radius 2 is 1.86 bits per heavy atom. The second kappa shape index (κ2) is 11.5. The van der Waals surface area contributed by atoms with E-state index >= 15 is 0 Å². The van der Waals surface area contributed by atoms with Crippen molar-refractivity contribution in [1.29, 1.82) is 0 Å². The Morgan fingerprint density at radius 3 is 2.55 bits per heavy atom. The van der Waals surface area contributed by atoms with Gasteiger partial charge in [-0.2, -0.15) is 0 Å². The molecule has 2 aromatic rings. The third kappa shape index (κ3) is 9.00. The number of aryl methyl sites for hydroxylation is 1. The number of hydrogen-bond acceptors (Lipinski definition) is 4. The third-order valence-electron chi connectivity index (χ3n) is 4.26. The largest absolute Gasteiger partial charge is 0.489 e. The van der Waals surface area contributed by atoms with E-state index in [2.05, 4.69) is 15.6 Å². The summed E-state index contributed by atoms with van der Waals surface area (Å²) in [5.41, 5.74) is 1.97. The van der Waals surface area contributed by atoms with Crippen LogP contribution in [0, 0.1) is 6.92 Å². The smallest absolute Gasteiger partial charge is 0.191 e. The normalized spacial score (nSPS) is 13.0. The van der Waals surface area contributed by atoms with Crippen molar-refractivity contribution in [2.45, 2.75) is 32.1 Å². The number of aliphatic imine (C=N–C) groups is 1. The van der Waals surface area contributed by atoms with Gasteiger partial charge < -0.3 is 15.4 Å². The highest BCUT2D eigenvalue weighted by molar-refractivity contribution is 7.90. The van der Waals surface area contributed by atoms with Gasteiger partial charge in [0.2, 0.25) is 0 Å². The highest BCUT2D eigenvalue weighted by Gasteiger charge is 2.12. The molecular weight excluding hydrogens is 386 g/mol. The van der Waals surface area contributed by atoms with Crippen LogP contribution in [0.3, 0.4) is 0 Å². The van der Waals surface area contributed by atoms with Crippen LogP contribution in [0.25, 0.3) is 0 Å². The Kier molecular flexibility index (Phi) is 8.99. The Hall–Kier alpha value is -2.54. The maximum atomic E-state index is 12.2. The summed E-state index contributed by atoms with van der Waals surface area (Å²) in [5.74, 6) is 1.68. The zero-order chi connectivity index (χ0) is 21.1. The first-order valence-electron chi connectivity index (χ1n) is 9.80. The van der Waals surface area contributed by atoms with Crippen LogP contribution in [0.5, 0.6) is 5.75 Å². The maximum absolute atomic E-state index is 12.2. The summed E-state index contributed by atoms with van der Waals surface area (Å²) in [6, 6.07) is 17.2. The van der Waals surface area contributed by atoms with E-state index in [1.165, 1.54) is 0 Å². The number of ether oxygens (including phenoxy) is 1. The van der Waals surface area contributed by atoms with Crippen LogP contribution in [0.1, 0.15) is 24.5 Å². The van der Waals surface area contributed by atoms with E-state index in [4.69, 9.17) is 4.74 Å². The van der Waals surface area contributed by atoms with E-state index in [1.807, 2.05) is 68.4 Å². The lowest BCUT2D eigenvalue weighted by Gasteiger charge is -2.18. The fourth-order valence-electron chi connectivity index (χ4n) is 2.82. The molecule has 2 rings (SSSR count). The van der Waals surface area contributed by atoms with E-state index < -0.39 is 9.84 Å². The summed E-state index contributed by atoms with van der Waals surface area (Å²) in [6.45, 7) is 5.13. The van der Waals surface area contributed by atoms with Gasteiger partial charge in [0.15, 0.2) is 15.8 Å². The van der Waals surface area contributed by atoms with Gasteiger partial charge in [-0.15, -0.1) is 0 Å². The summed E-state index contributed by atoms with van der Waals surface area (Å²) < 4.78 is 30.4. The highest BCUT2D eigenvalue weighted by Crippen LogP contribution is 2.13. The molecule has 2 N–H and O–H groups in total. The molecule has 0 amide bonds. The van der Waals surface area contributed by atoms with Crippen LogP contribution in [0.4, 0.5) is 0 Å². The maximum Gasteiger partial charge on any atom is 0.191 e. The van der Waals surface area contributed by atoms with Crippen molar-refractivity contribution in [2.75, 3.05) is 25.9 Å². The summed E-state index contributed by atoms with van der Waals surface area (Å²) in [5, 5.41) is 6.36. The molecule has 1 unspecified atom stereocenters. The lowest BCUT2D eigenvalue weighted by molar-refractivity contribution is 0.223. The van der Waals surface area contributed by atoms with Crippen molar-refractivity contribution in [3.63, 3.8) is 0 Å². The zero-order valence-corrected chi connectivity index (χ0v) is 18.2. The lowest BCUT2D eigenvalue weighted by atomic mass is 10.2. The molecule has 7 heteroatoms. The number of nitrogens with zero attached hydrogens (tertiary/aromatic N) is 1. The molecule has 0 saturated carbocycles. The van der Waals surface area contributed by atoms with E-state index in [0.29, 0.717) is 25.5 Å².